The molecule has 6 heteroatoms. The highest BCUT2D eigenvalue weighted by Gasteiger charge is 2.44. The molecule has 108 valence electrons. The maximum absolute atomic E-state index is 12.3. The lowest BCUT2D eigenvalue weighted by Crippen LogP contribution is -2.58. The molecular weight excluding hydrogens is 248 g/mol. The van der Waals surface area contributed by atoms with Crippen molar-refractivity contribution in [3.63, 3.8) is 0 Å². The number of carboxylic acid groups (broad SMARTS) is 1. The van der Waals surface area contributed by atoms with Crippen LogP contribution >= 0.6 is 0 Å². The summed E-state index contributed by atoms with van der Waals surface area (Å²) in [6.07, 6.45) is 3.54. The summed E-state index contributed by atoms with van der Waals surface area (Å²) in [6.45, 7) is 3.84. The first-order chi connectivity index (χ1) is 9.07. The van der Waals surface area contributed by atoms with Gasteiger partial charge in [0, 0.05) is 26.1 Å². The van der Waals surface area contributed by atoms with E-state index in [4.69, 9.17) is 4.74 Å². The first-order valence-electron chi connectivity index (χ1n) is 6.95. The number of amides is 2. The summed E-state index contributed by atoms with van der Waals surface area (Å²) in [7, 11) is 0. The summed E-state index contributed by atoms with van der Waals surface area (Å²) in [5, 5.41) is 12.0. The third-order valence-electron chi connectivity index (χ3n) is 3.73. The van der Waals surface area contributed by atoms with Crippen molar-refractivity contribution in [3.8, 4) is 0 Å². The molecule has 2 rings (SSSR count). The van der Waals surface area contributed by atoms with Gasteiger partial charge in [-0.25, -0.2) is 9.59 Å². The fourth-order valence-electron chi connectivity index (χ4n) is 2.33. The summed E-state index contributed by atoms with van der Waals surface area (Å²) in [6, 6.07) is -0.276. The minimum absolute atomic E-state index is 0.0530. The molecule has 1 saturated heterocycles. The van der Waals surface area contributed by atoms with Gasteiger partial charge in [-0.2, -0.15) is 0 Å². The topological polar surface area (TPSA) is 78.9 Å². The first-order valence-corrected chi connectivity index (χ1v) is 6.95. The van der Waals surface area contributed by atoms with E-state index in [0.29, 0.717) is 25.5 Å². The van der Waals surface area contributed by atoms with E-state index in [1.165, 1.54) is 12.8 Å². The summed E-state index contributed by atoms with van der Waals surface area (Å²) in [5.74, 6) is -0.417. The minimum atomic E-state index is -1.24. The largest absolute Gasteiger partial charge is 0.479 e. The standard InChI is InChI=1S/C13H22N2O4/c1-2-6-15(8-10-3-4-10)12(18)14-13(11(16)17)5-7-19-9-13/h10H,2-9H2,1H3,(H,14,18)(H,16,17). The summed E-state index contributed by atoms with van der Waals surface area (Å²) < 4.78 is 5.14. The Morgan fingerprint density at radius 2 is 2.21 bits per heavy atom. The Kier molecular flexibility index (Phi) is 4.29. The highest BCUT2D eigenvalue weighted by atomic mass is 16.5. The number of carboxylic acids is 1. The van der Waals surface area contributed by atoms with Crippen LogP contribution in [0, 0.1) is 5.92 Å². The molecule has 2 aliphatic rings. The quantitative estimate of drug-likeness (QED) is 0.756. The van der Waals surface area contributed by atoms with Gasteiger partial charge in [0.2, 0.25) is 0 Å². The van der Waals surface area contributed by atoms with Gasteiger partial charge >= 0.3 is 12.0 Å². The minimum Gasteiger partial charge on any atom is -0.479 e. The van der Waals surface area contributed by atoms with E-state index < -0.39 is 11.5 Å². The Hall–Kier alpha value is -1.30. The van der Waals surface area contributed by atoms with Gasteiger partial charge in [-0.1, -0.05) is 6.92 Å². The monoisotopic (exact) mass is 270 g/mol. The predicted octanol–water partition coefficient (Wildman–Crippen LogP) is 1.06. The highest BCUT2D eigenvalue weighted by molar-refractivity contribution is 5.86. The maximum Gasteiger partial charge on any atom is 0.332 e. The summed E-state index contributed by atoms with van der Waals surface area (Å²) in [4.78, 5) is 25.4. The molecule has 1 aliphatic heterocycles. The van der Waals surface area contributed by atoms with Crippen molar-refractivity contribution in [3.05, 3.63) is 0 Å². The van der Waals surface area contributed by atoms with E-state index in [1.54, 1.807) is 4.90 Å². The van der Waals surface area contributed by atoms with Gasteiger partial charge in [-0.15, -0.1) is 0 Å². The van der Waals surface area contributed by atoms with Gasteiger partial charge in [-0.3, -0.25) is 0 Å². The van der Waals surface area contributed by atoms with Crippen molar-refractivity contribution in [2.24, 2.45) is 5.92 Å². The zero-order chi connectivity index (χ0) is 13.9. The van der Waals surface area contributed by atoms with Crippen LogP contribution in [0.15, 0.2) is 0 Å². The van der Waals surface area contributed by atoms with Crippen LogP contribution in [0.1, 0.15) is 32.6 Å². The number of rotatable bonds is 6. The lowest BCUT2D eigenvalue weighted by atomic mass is 9.99. The average molecular weight is 270 g/mol. The molecule has 1 aliphatic carbocycles. The van der Waals surface area contributed by atoms with Crippen LogP contribution in [-0.2, 0) is 9.53 Å². The smallest absolute Gasteiger partial charge is 0.332 e. The molecule has 19 heavy (non-hydrogen) atoms. The van der Waals surface area contributed by atoms with E-state index >= 15 is 0 Å². The number of hydrogen-bond donors (Lipinski definition) is 2. The number of carbonyl (C=O) groups excluding carboxylic acids is 1. The Bertz CT molecular complexity index is 349. The van der Waals surface area contributed by atoms with Gasteiger partial charge in [0.15, 0.2) is 5.54 Å². The molecule has 0 radical (unpaired) electrons. The molecule has 0 aromatic rings. The predicted molar refractivity (Wildman–Crippen MR) is 68.9 cm³/mol. The number of urea groups is 1. The zero-order valence-corrected chi connectivity index (χ0v) is 11.4. The van der Waals surface area contributed by atoms with Crippen molar-refractivity contribution in [2.75, 3.05) is 26.3 Å². The van der Waals surface area contributed by atoms with Gasteiger partial charge < -0.3 is 20.1 Å². The van der Waals surface area contributed by atoms with Crippen molar-refractivity contribution >= 4 is 12.0 Å². The number of hydrogen-bond acceptors (Lipinski definition) is 3. The number of aliphatic carboxylic acids is 1. The molecule has 6 nitrogen and oxygen atoms in total. The van der Waals surface area contributed by atoms with Crippen LogP contribution in [0.5, 0.6) is 0 Å². The number of nitrogens with zero attached hydrogens (tertiary/aromatic N) is 1. The molecule has 1 heterocycles. The van der Waals surface area contributed by atoms with Gasteiger partial charge in [-0.05, 0) is 25.2 Å². The molecule has 1 saturated carbocycles. The highest BCUT2D eigenvalue weighted by Crippen LogP contribution is 2.30. The summed E-state index contributed by atoms with van der Waals surface area (Å²) in [5.41, 5.74) is -1.24. The maximum atomic E-state index is 12.3. The molecule has 0 bridgehead atoms. The fraction of sp³-hybridized carbons (Fsp3) is 0.846. The number of carbonyl (C=O) groups is 2. The number of nitrogens with one attached hydrogen (secondary N) is 1. The lowest BCUT2D eigenvalue weighted by molar-refractivity contribution is -0.144. The SMILES string of the molecule is CCCN(CC1CC1)C(=O)NC1(C(=O)O)CCOC1. The van der Waals surface area contributed by atoms with E-state index in [-0.39, 0.29) is 12.6 Å². The molecular formula is C13H22N2O4. The molecule has 0 aromatic heterocycles. The van der Waals surface area contributed by atoms with E-state index in [0.717, 1.165) is 13.0 Å². The third-order valence-corrected chi connectivity index (χ3v) is 3.73. The molecule has 1 atom stereocenters. The molecule has 0 aromatic carbocycles. The molecule has 2 N–H and O–H groups in total. The second-order valence-electron chi connectivity index (χ2n) is 5.51. The molecule has 1 unspecified atom stereocenters. The molecule has 2 amide bonds. The van der Waals surface area contributed by atoms with Crippen LogP contribution < -0.4 is 5.32 Å². The average Bonchev–Trinajstić information content (AvgIpc) is 3.05. The Labute approximate surface area is 113 Å². The number of ether oxygens (including phenoxy) is 1. The van der Waals surface area contributed by atoms with Crippen molar-refractivity contribution in [1.82, 2.24) is 10.2 Å². The van der Waals surface area contributed by atoms with Crippen molar-refractivity contribution < 1.29 is 19.4 Å². The summed E-state index contributed by atoms with van der Waals surface area (Å²) >= 11 is 0. The van der Waals surface area contributed by atoms with Crippen LogP contribution in [-0.4, -0.2) is 53.8 Å². The second-order valence-corrected chi connectivity index (χ2v) is 5.51. The van der Waals surface area contributed by atoms with Crippen LogP contribution in [0.3, 0.4) is 0 Å². The normalized spacial score (nSPS) is 26.2. The Balaban J connectivity index is 1.97. The van der Waals surface area contributed by atoms with Crippen molar-refractivity contribution in [1.29, 1.82) is 0 Å². The van der Waals surface area contributed by atoms with Crippen LogP contribution in [0.4, 0.5) is 4.79 Å². The van der Waals surface area contributed by atoms with Gasteiger partial charge in [0.25, 0.3) is 0 Å². The van der Waals surface area contributed by atoms with E-state index in [2.05, 4.69) is 5.32 Å². The lowest BCUT2D eigenvalue weighted by Gasteiger charge is -2.29. The van der Waals surface area contributed by atoms with Crippen LogP contribution in [0.25, 0.3) is 0 Å². The van der Waals surface area contributed by atoms with Crippen LogP contribution in [0.2, 0.25) is 0 Å². The molecule has 0 spiro atoms. The van der Waals surface area contributed by atoms with Gasteiger partial charge in [0.1, 0.15) is 0 Å². The van der Waals surface area contributed by atoms with Crippen molar-refractivity contribution in [2.45, 2.75) is 38.1 Å². The molecule has 2 fully saturated rings. The van der Waals surface area contributed by atoms with Gasteiger partial charge in [0.05, 0.1) is 6.61 Å². The Morgan fingerprint density at radius 3 is 2.68 bits per heavy atom. The van der Waals surface area contributed by atoms with E-state index in [9.17, 15) is 14.7 Å². The first kappa shape index (κ1) is 14.1. The Morgan fingerprint density at radius 1 is 1.47 bits per heavy atom. The second kappa shape index (κ2) is 5.77. The zero-order valence-electron chi connectivity index (χ0n) is 11.4. The van der Waals surface area contributed by atoms with E-state index in [1.807, 2.05) is 6.92 Å². The fourth-order valence-corrected chi connectivity index (χ4v) is 2.33. The third kappa shape index (κ3) is 3.37.